The Hall–Kier alpha value is -2.32. The highest BCUT2D eigenvalue weighted by molar-refractivity contribution is 7.88. The van der Waals surface area contributed by atoms with Gasteiger partial charge in [0, 0.05) is 12.2 Å². The van der Waals surface area contributed by atoms with Crippen molar-refractivity contribution in [1.82, 2.24) is 4.72 Å². The summed E-state index contributed by atoms with van der Waals surface area (Å²) in [6.07, 6.45) is 0.304. The Kier molecular flexibility index (Phi) is 4.82. The van der Waals surface area contributed by atoms with Crippen LogP contribution in [0.2, 0.25) is 0 Å². The van der Waals surface area contributed by atoms with Crippen LogP contribution >= 0.6 is 0 Å². The molecule has 5 nitrogen and oxygen atoms in total. The third kappa shape index (κ3) is 4.21. The minimum atomic E-state index is -3.80. The van der Waals surface area contributed by atoms with Gasteiger partial charge in [0.15, 0.2) is 0 Å². The van der Waals surface area contributed by atoms with Gasteiger partial charge >= 0.3 is 0 Å². The zero-order valence-electron chi connectivity index (χ0n) is 13.2. The minimum absolute atomic E-state index is 0.299. The van der Waals surface area contributed by atoms with E-state index in [9.17, 15) is 22.0 Å². The zero-order valence-corrected chi connectivity index (χ0v) is 14.0. The van der Waals surface area contributed by atoms with Gasteiger partial charge in [0.1, 0.15) is 17.7 Å². The summed E-state index contributed by atoms with van der Waals surface area (Å²) in [5, 5.41) is 0. The lowest BCUT2D eigenvalue weighted by molar-refractivity contribution is -0.118. The van der Waals surface area contributed by atoms with Crippen LogP contribution in [0.25, 0.3) is 0 Å². The van der Waals surface area contributed by atoms with E-state index < -0.39 is 39.4 Å². The van der Waals surface area contributed by atoms with Crippen molar-refractivity contribution >= 4 is 21.6 Å². The normalized spacial score (nSPS) is 17.9. The van der Waals surface area contributed by atoms with Crippen molar-refractivity contribution in [3.8, 4) is 0 Å². The summed E-state index contributed by atoms with van der Waals surface area (Å²) in [6.45, 7) is 0.331. The molecule has 1 aliphatic heterocycles. The van der Waals surface area contributed by atoms with Crippen molar-refractivity contribution in [2.24, 2.45) is 0 Å². The molecule has 1 atom stereocenters. The van der Waals surface area contributed by atoms with E-state index in [4.69, 9.17) is 0 Å². The molecule has 0 aliphatic carbocycles. The number of carbonyl (C=O) groups excluding carboxylic acids is 1. The predicted molar refractivity (Wildman–Crippen MR) is 89.3 cm³/mol. The first-order chi connectivity index (χ1) is 11.8. The van der Waals surface area contributed by atoms with Gasteiger partial charge in [0.2, 0.25) is 15.9 Å². The largest absolute Gasteiger partial charge is 0.311 e. The highest BCUT2D eigenvalue weighted by Gasteiger charge is 2.35. The van der Waals surface area contributed by atoms with Gasteiger partial charge in [-0.3, -0.25) is 4.79 Å². The number of carbonyl (C=O) groups is 1. The molecule has 1 amide bonds. The first kappa shape index (κ1) is 17.5. The first-order valence-electron chi connectivity index (χ1n) is 7.65. The molecule has 132 valence electrons. The SMILES string of the molecule is O=C1C(NS(=O)(=O)Cc2cccc(F)c2)CCN1c1ccc(F)cc1. The van der Waals surface area contributed by atoms with E-state index in [2.05, 4.69) is 4.72 Å². The van der Waals surface area contributed by atoms with Gasteiger partial charge in [0.05, 0.1) is 5.75 Å². The molecular formula is C17H16F2N2O3S. The maximum absolute atomic E-state index is 13.2. The molecule has 1 aliphatic rings. The van der Waals surface area contributed by atoms with Crippen molar-refractivity contribution in [2.75, 3.05) is 11.4 Å². The second-order valence-corrected chi connectivity index (χ2v) is 7.57. The standard InChI is InChI=1S/C17H16F2N2O3S/c18-13-4-6-15(7-5-13)21-9-8-16(17(21)22)20-25(23,24)11-12-2-1-3-14(19)10-12/h1-7,10,16,20H,8-9,11H2. The molecule has 2 aromatic rings. The second kappa shape index (κ2) is 6.89. The number of nitrogens with one attached hydrogen (secondary N) is 1. The Morgan fingerprint density at radius 3 is 2.48 bits per heavy atom. The Balaban J connectivity index is 1.68. The molecule has 0 radical (unpaired) electrons. The van der Waals surface area contributed by atoms with Crippen LogP contribution in [0, 0.1) is 11.6 Å². The van der Waals surface area contributed by atoms with Crippen LogP contribution in [-0.2, 0) is 20.6 Å². The summed E-state index contributed by atoms with van der Waals surface area (Å²) in [6, 6.07) is 9.83. The predicted octanol–water partition coefficient (Wildman–Crippen LogP) is 2.19. The maximum atomic E-state index is 13.2. The number of anilines is 1. The van der Waals surface area contributed by atoms with Crippen LogP contribution in [0.4, 0.5) is 14.5 Å². The lowest BCUT2D eigenvalue weighted by atomic mass is 10.2. The first-order valence-corrected chi connectivity index (χ1v) is 9.31. The van der Waals surface area contributed by atoms with Crippen molar-refractivity contribution in [1.29, 1.82) is 0 Å². The van der Waals surface area contributed by atoms with E-state index in [1.807, 2.05) is 0 Å². The fourth-order valence-electron chi connectivity index (χ4n) is 2.77. The molecule has 1 fully saturated rings. The second-order valence-electron chi connectivity index (χ2n) is 5.81. The lowest BCUT2D eigenvalue weighted by Gasteiger charge is -2.17. The van der Waals surface area contributed by atoms with Crippen LogP contribution in [-0.4, -0.2) is 26.9 Å². The number of rotatable bonds is 5. The quantitative estimate of drug-likeness (QED) is 0.882. The zero-order chi connectivity index (χ0) is 18.0. The topological polar surface area (TPSA) is 66.5 Å². The Morgan fingerprint density at radius 2 is 1.80 bits per heavy atom. The van der Waals surface area contributed by atoms with Crippen molar-refractivity contribution in [3.63, 3.8) is 0 Å². The summed E-state index contributed by atoms with van der Waals surface area (Å²) in [4.78, 5) is 13.8. The average molecular weight is 366 g/mol. The number of benzene rings is 2. The summed E-state index contributed by atoms with van der Waals surface area (Å²) in [5.41, 5.74) is 0.812. The van der Waals surface area contributed by atoms with Gasteiger partial charge < -0.3 is 4.90 Å². The lowest BCUT2D eigenvalue weighted by Crippen LogP contribution is -2.42. The fourth-order valence-corrected chi connectivity index (χ4v) is 4.13. The van der Waals surface area contributed by atoms with Crippen LogP contribution in [0.15, 0.2) is 48.5 Å². The fraction of sp³-hybridized carbons (Fsp3) is 0.235. The van der Waals surface area contributed by atoms with Crippen LogP contribution in [0.5, 0.6) is 0 Å². The third-order valence-corrected chi connectivity index (χ3v) is 5.27. The van der Waals surface area contributed by atoms with E-state index in [0.717, 1.165) is 6.07 Å². The van der Waals surface area contributed by atoms with E-state index in [1.54, 1.807) is 0 Å². The number of hydrogen-bond donors (Lipinski definition) is 1. The molecular weight excluding hydrogens is 350 g/mol. The van der Waals surface area contributed by atoms with Gasteiger partial charge in [-0.25, -0.2) is 21.9 Å². The molecule has 1 saturated heterocycles. The molecule has 0 saturated carbocycles. The summed E-state index contributed by atoms with van der Waals surface area (Å²) < 4.78 is 53.0. The molecule has 0 aromatic heterocycles. The number of hydrogen-bond acceptors (Lipinski definition) is 3. The minimum Gasteiger partial charge on any atom is -0.311 e. The molecule has 1 unspecified atom stereocenters. The maximum Gasteiger partial charge on any atom is 0.245 e. The van der Waals surface area contributed by atoms with Gasteiger partial charge in [-0.2, -0.15) is 0 Å². The van der Waals surface area contributed by atoms with Crippen molar-refractivity contribution < 1.29 is 22.0 Å². The van der Waals surface area contributed by atoms with Crippen molar-refractivity contribution in [3.05, 3.63) is 65.7 Å². The molecule has 1 heterocycles. The molecule has 3 rings (SSSR count). The monoisotopic (exact) mass is 366 g/mol. The Morgan fingerprint density at radius 1 is 1.08 bits per heavy atom. The summed E-state index contributed by atoms with van der Waals surface area (Å²) >= 11 is 0. The van der Waals surface area contributed by atoms with Crippen LogP contribution in [0.3, 0.4) is 0 Å². The summed E-state index contributed by atoms with van der Waals surface area (Å²) in [7, 11) is -3.80. The number of amides is 1. The van der Waals surface area contributed by atoms with Crippen LogP contribution in [0.1, 0.15) is 12.0 Å². The van der Waals surface area contributed by atoms with Crippen molar-refractivity contribution in [2.45, 2.75) is 18.2 Å². The highest BCUT2D eigenvalue weighted by Crippen LogP contribution is 2.22. The number of halogens is 2. The van der Waals surface area contributed by atoms with E-state index in [1.165, 1.54) is 47.4 Å². The van der Waals surface area contributed by atoms with Crippen LogP contribution < -0.4 is 9.62 Å². The van der Waals surface area contributed by atoms with Gasteiger partial charge in [-0.05, 0) is 48.4 Å². The third-order valence-electron chi connectivity index (χ3n) is 3.91. The Bertz CT molecular complexity index is 885. The van der Waals surface area contributed by atoms with Gasteiger partial charge in [-0.1, -0.05) is 12.1 Å². The van der Waals surface area contributed by atoms with E-state index >= 15 is 0 Å². The molecule has 1 N–H and O–H groups in total. The number of sulfonamides is 1. The van der Waals surface area contributed by atoms with Gasteiger partial charge in [0.25, 0.3) is 0 Å². The summed E-state index contributed by atoms with van der Waals surface area (Å²) in [5.74, 6) is -1.74. The molecule has 0 bridgehead atoms. The molecule has 25 heavy (non-hydrogen) atoms. The molecule has 8 heteroatoms. The van der Waals surface area contributed by atoms with Gasteiger partial charge in [-0.15, -0.1) is 0 Å². The van der Waals surface area contributed by atoms with E-state index in [0.29, 0.717) is 24.2 Å². The average Bonchev–Trinajstić information content (AvgIpc) is 2.88. The highest BCUT2D eigenvalue weighted by atomic mass is 32.2. The molecule has 2 aromatic carbocycles. The number of nitrogens with zero attached hydrogens (tertiary/aromatic N) is 1. The smallest absolute Gasteiger partial charge is 0.245 e. The van der Waals surface area contributed by atoms with E-state index in [-0.39, 0.29) is 0 Å². The molecule has 0 spiro atoms. The Labute approximate surface area is 144 Å².